The van der Waals surface area contributed by atoms with Crippen molar-refractivity contribution >= 4 is 33.5 Å². The molecule has 0 spiro atoms. The number of nitrogens with two attached hydrogens (primary N) is 1. The third-order valence-electron chi connectivity index (χ3n) is 5.27. The quantitative estimate of drug-likeness (QED) is 0.428. The van der Waals surface area contributed by atoms with Gasteiger partial charge in [0.15, 0.2) is 5.82 Å². The Balaban J connectivity index is 1.57. The number of anilines is 1. The van der Waals surface area contributed by atoms with E-state index in [-0.39, 0.29) is 0 Å². The van der Waals surface area contributed by atoms with Crippen LogP contribution in [0.1, 0.15) is 10.4 Å². The number of hydrogen-bond donors (Lipinski definition) is 3. The van der Waals surface area contributed by atoms with Crippen molar-refractivity contribution in [3.05, 3.63) is 66.2 Å². The number of hydrogen-bond acceptors (Lipinski definition) is 4. The smallest absolute Gasteiger partial charge is 0.248 e. The van der Waals surface area contributed by atoms with Crippen LogP contribution in [0.3, 0.4) is 0 Å². The predicted octanol–water partition coefficient (Wildman–Crippen LogP) is 3.94. The molecule has 0 unspecified atom stereocenters. The fourth-order valence-electron chi connectivity index (χ4n) is 3.60. The summed E-state index contributed by atoms with van der Waals surface area (Å²) in [4.78, 5) is 21.7. The first-order valence-corrected chi connectivity index (χ1v) is 9.55. The van der Waals surface area contributed by atoms with E-state index in [1.807, 2.05) is 20.2 Å². The van der Waals surface area contributed by atoms with Crippen LogP contribution in [0.5, 0.6) is 0 Å². The largest absolute Gasteiger partial charge is 0.378 e. The fourth-order valence-corrected chi connectivity index (χ4v) is 3.60. The maximum atomic E-state index is 11.6. The van der Waals surface area contributed by atoms with Crippen molar-refractivity contribution < 1.29 is 4.79 Å². The standard InChI is InChI=1S/C23H20N6O/c1-29(2)16-7-3-13(4-8-16)14-5-10-19-20(12-14)26-23(25-19)21-17-11-15(22(24)30)6-9-18(17)27-28-21/h3-12H,1-2H3,(H2,24,30)(H,25,26)(H,27,28). The van der Waals surface area contributed by atoms with Crippen LogP contribution in [0, 0.1) is 0 Å². The summed E-state index contributed by atoms with van der Waals surface area (Å²) in [6, 6.07) is 19.8. The molecule has 0 aliphatic heterocycles. The minimum Gasteiger partial charge on any atom is -0.378 e. The molecule has 3 aromatic carbocycles. The van der Waals surface area contributed by atoms with Crippen molar-refractivity contribution in [2.45, 2.75) is 0 Å². The Hall–Kier alpha value is -4.13. The van der Waals surface area contributed by atoms with Crippen molar-refractivity contribution in [2.75, 3.05) is 19.0 Å². The van der Waals surface area contributed by atoms with Crippen LogP contribution in [0.15, 0.2) is 60.7 Å². The summed E-state index contributed by atoms with van der Waals surface area (Å²) in [5.41, 5.74) is 12.5. The minimum absolute atomic E-state index is 0.435. The van der Waals surface area contributed by atoms with Gasteiger partial charge in [0.25, 0.3) is 0 Å². The van der Waals surface area contributed by atoms with E-state index in [2.05, 4.69) is 56.5 Å². The maximum Gasteiger partial charge on any atom is 0.248 e. The molecule has 30 heavy (non-hydrogen) atoms. The minimum atomic E-state index is -0.474. The summed E-state index contributed by atoms with van der Waals surface area (Å²) in [6.45, 7) is 0. The number of primary amides is 1. The van der Waals surface area contributed by atoms with Crippen molar-refractivity contribution in [1.29, 1.82) is 0 Å². The molecule has 4 N–H and O–H groups in total. The third kappa shape index (κ3) is 2.97. The van der Waals surface area contributed by atoms with E-state index in [4.69, 9.17) is 10.7 Å². The lowest BCUT2D eigenvalue weighted by atomic mass is 10.0. The highest BCUT2D eigenvalue weighted by atomic mass is 16.1. The number of carbonyl (C=O) groups excluding carboxylic acids is 1. The number of nitrogens with zero attached hydrogens (tertiary/aromatic N) is 3. The molecule has 0 bridgehead atoms. The summed E-state index contributed by atoms with van der Waals surface area (Å²) in [5, 5.41) is 8.17. The second kappa shape index (κ2) is 6.73. The van der Waals surface area contributed by atoms with Gasteiger partial charge in [-0.1, -0.05) is 18.2 Å². The van der Waals surface area contributed by atoms with Crippen LogP contribution < -0.4 is 10.6 Å². The first-order valence-electron chi connectivity index (χ1n) is 9.55. The maximum absolute atomic E-state index is 11.6. The molecule has 0 atom stereocenters. The van der Waals surface area contributed by atoms with Crippen LogP contribution in [0.2, 0.25) is 0 Å². The Morgan fingerprint density at radius 2 is 1.70 bits per heavy atom. The number of aromatic amines is 2. The lowest BCUT2D eigenvalue weighted by Crippen LogP contribution is -2.10. The highest BCUT2D eigenvalue weighted by molar-refractivity contribution is 6.00. The number of imidazole rings is 1. The second-order valence-electron chi connectivity index (χ2n) is 7.46. The molecule has 2 heterocycles. The Kier molecular flexibility index (Phi) is 4.03. The van der Waals surface area contributed by atoms with Crippen molar-refractivity contribution in [2.24, 2.45) is 5.73 Å². The summed E-state index contributed by atoms with van der Waals surface area (Å²) in [7, 11) is 4.05. The number of amides is 1. The molecule has 2 aromatic heterocycles. The molecular weight excluding hydrogens is 376 g/mol. The van der Waals surface area contributed by atoms with Gasteiger partial charge < -0.3 is 15.6 Å². The highest BCUT2D eigenvalue weighted by Gasteiger charge is 2.14. The third-order valence-corrected chi connectivity index (χ3v) is 5.27. The van der Waals surface area contributed by atoms with E-state index < -0.39 is 5.91 Å². The van der Waals surface area contributed by atoms with Gasteiger partial charge in [0.2, 0.25) is 5.91 Å². The van der Waals surface area contributed by atoms with Crippen LogP contribution in [-0.2, 0) is 0 Å². The lowest BCUT2D eigenvalue weighted by molar-refractivity contribution is 0.100. The monoisotopic (exact) mass is 396 g/mol. The Morgan fingerprint density at radius 1 is 0.933 bits per heavy atom. The van der Waals surface area contributed by atoms with Gasteiger partial charge in [0.05, 0.1) is 16.6 Å². The van der Waals surface area contributed by atoms with Crippen molar-refractivity contribution in [3.63, 3.8) is 0 Å². The van der Waals surface area contributed by atoms with Gasteiger partial charge in [0, 0.05) is 30.7 Å². The Bertz CT molecular complexity index is 1390. The number of rotatable bonds is 4. The molecule has 0 saturated carbocycles. The van der Waals surface area contributed by atoms with E-state index in [0.29, 0.717) is 17.1 Å². The van der Waals surface area contributed by atoms with E-state index in [9.17, 15) is 4.79 Å². The molecule has 0 radical (unpaired) electrons. The van der Waals surface area contributed by atoms with E-state index >= 15 is 0 Å². The van der Waals surface area contributed by atoms with Gasteiger partial charge in [-0.3, -0.25) is 9.89 Å². The van der Waals surface area contributed by atoms with Gasteiger partial charge >= 0.3 is 0 Å². The summed E-state index contributed by atoms with van der Waals surface area (Å²) in [6.07, 6.45) is 0. The molecule has 7 nitrogen and oxygen atoms in total. The van der Waals surface area contributed by atoms with E-state index in [0.717, 1.165) is 38.8 Å². The highest BCUT2D eigenvalue weighted by Crippen LogP contribution is 2.29. The summed E-state index contributed by atoms with van der Waals surface area (Å²) < 4.78 is 0. The number of carbonyl (C=O) groups is 1. The SMILES string of the molecule is CN(C)c1ccc(-c2ccc3nc(-c4n[nH]c5ccc(C(N)=O)cc45)[nH]c3c2)cc1. The zero-order valence-electron chi connectivity index (χ0n) is 16.6. The van der Waals surface area contributed by atoms with Gasteiger partial charge in [0.1, 0.15) is 5.69 Å². The normalized spacial score (nSPS) is 11.3. The number of benzene rings is 3. The van der Waals surface area contributed by atoms with Crippen LogP contribution in [0.25, 0.3) is 44.6 Å². The molecule has 0 aliphatic rings. The zero-order valence-corrected chi connectivity index (χ0v) is 16.6. The van der Waals surface area contributed by atoms with Crippen LogP contribution >= 0.6 is 0 Å². The van der Waals surface area contributed by atoms with Gasteiger partial charge in [-0.25, -0.2) is 4.98 Å². The van der Waals surface area contributed by atoms with Crippen LogP contribution in [0.4, 0.5) is 5.69 Å². The van der Waals surface area contributed by atoms with Crippen LogP contribution in [-0.4, -0.2) is 40.2 Å². The van der Waals surface area contributed by atoms with E-state index in [1.54, 1.807) is 18.2 Å². The average molecular weight is 396 g/mol. The summed E-state index contributed by atoms with van der Waals surface area (Å²) in [5.74, 6) is 0.163. The number of H-pyrrole nitrogens is 2. The molecule has 5 rings (SSSR count). The molecular formula is C23H20N6O. The molecule has 148 valence electrons. The molecule has 7 heteroatoms. The molecule has 0 fully saturated rings. The van der Waals surface area contributed by atoms with Gasteiger partial charge in [-0.15, -0.1) is 0 Å². The molecule has 5 aromatic rings. The first-order chi connectivity index (χ1) is 14.5. The topological polar surface area (TPSA) is 104 Å². The first kappa shape index (κ1) is 17.9. The Labute approximate surface area is 172 Å². The lowest BCUT2D eigenvalue weighted by Gasteiger charge is -2.12. The van der Waals surface area contributed by atoms with Crippen molar-refractivity contribution in [3.8, 4) is 22.6 Å². The number of nitrogens with one attached hydrogen (secondary N) is 2. The Morgan fingerprint density at radius 3 is 2.43 bits per heavy atom. The predicted molar refractivity (Wildman–Crippen MR) is 119 cm³/mol. The van der Waals surface area contributed by atoms with E-state index in [1.165, 1.54) is 0 Å². The van der Waals surface area contributed by atoms with Crippen molar-refractivity contribution in [1.82, 2.24) is 20.2 Å². The number of fused-ring (bicyclic) bond motifs is 2. The molecule has 0 saturated heterocycles. The summed E-state index contributed by atoms with van der Waals surface area (Å²) >= 11 is 0. The molecule has 1 amide bonds. The fraction of sp³-hybridized carbons (Fsp3) is 0.0870. The average Bonchev–Trinajstić information content (AvgIpc) is 3.36. The van der Waals surface area contributed by atoms with Gasteiger partial charge in [-0.05, 0) is 53.6 Å². The zero-order chi connectivity index (χ0) is 20.8. The van der Waals surface area contributed by atoms with Gasteiger partial charge in [-0.2, -0.15) is 5.10 Å². The second-order valence-corrected chi connectivity index (χ2v) is 7.46. The molecule has 0 aliphatic carbocycles. The number of aromatic nitrogens is 4.